The third-order valence-corrected chi connectivity index (χ3v) is 6.68. The highest BCUT2D eigenvalue weighted by Gasteiger charge is 2.28. The zero-order valence-electron chi connectivity index (χ0n) is 20.3. The molecule has 0 aliphatic heterocycles. The molecule has 0 radical (unpaired) electrons. The fraction of sp³-hybridized carbons (Fsp3) is 0.458. The van der Waals surface area contributed by atoms with Crippen LogP contribution in [0.1, 0.15) is 25.7 Å². The molecule has 1 amide bonds. The number of carbonyl (C=O) groups excluding carboxylic acids is 1. The molecule has 1 fully saturated rings. The number of benzene rings is 1. The van der Waals surface area contributed by atoms with E-state index < -0.39 is 13.0 Å². The van der Waals surface area contributed by atoms with Gasteiger partial charge < -0.3 is 19.9 Å². The number of aromatic nitrogens is 6. The molecule has 1 aliphatic carbocycles. The van der Waals surface area contributed by atoms with E-state index in [4.69, 9.17) is 4.74 Å². The molecule has 0 bridgehead atoms. The minimum Gasteiger partial charge on any atom is -0.480 e. The van der Waals surface area contributed by atoms with Crippen LogP contribution in [0.25, 0.3) is 33.2 Å². The quantitative estimate of drug-likeness (QED) is 0.399. The van der Waals surface area contributed by atoms with Crippen LogP contribution >= 0.6 is 0 Å². The van der Waals surface area contributed by atoms with Crippen molar-refractivity contribution in [3.63, 3.8) is 0 Å². The summed E-state index contributed by atoms with van der Waals surface area (Å²) in [5.74, 6) is 1.09. The Labute approximate surface area is 206 Å². The maximum Gasteiger partial charge on any atom is 0.258 e. The first-order valence-electron chi connectivity index (χ1n) is 11.9. The Balaban J connectivity index is 1.40. The number of hydrogen-bond donors (Lipinski definition) is 2. The van der Waals surface area contributed by atoms with Crippen LogP contribution in [-0.4, -0.2) is 74.4 Å². The maximum atomic E-state index is 12.9. The lowest BCUT2D eigenvalue weighted by atomic mass is 9.85. The molecule has 1 saturated carbocycles. The van der Waals surface area contributed by atoms with Crippen LogP contribution in [0, 0.1) is 5.92 Å². The van der Waals surface area contributed by atoms with Crippen LogP contribution in [-0.2, 0) is 11.3 Å². The number of nitrogens with one attached hydrogen (secondary N) is 2. The first-order chi connectivity index (χ1) is 17.3. The number of carbonyl (C=O) groups is 1. The van der Waals surface area contributed by atoms with E-state index >= 15 is 0 Å². The second-order valence-electron chi connectivity index (χ2n) is 9.27. The van der Waals surface area contributed by atoms with Gasteiger partial charge in [-0.05, 0) is 43.4 Å². The van der Waals surface area contributed by atoms with Gasteiger partial charge in [-0.25, -0.2) is 13.5 Å². The zero-order valence-corrected chi connectivity index (χ0v) is 20.3. The number of hydrogen-bond acceptors (Lipinski definition) is 7. The third-order valence-electron chi connectivity index (χ3n) is 6.68. The second kappa shape index (κ2) is 9.67. The Morgan fingerprint density at radius 1 is 1.25 bits per heavy atom. The van der Waals surface area contributed by atoms with Gasteiger partial charge in [0.05, 0.1) is 18.0 Å². The minimum absolute atomic E-state index is 0.0616. The van der Waals surface area contributed by atoms with E-state index in [2.05, 4.69) is 30.6 Å². The number of aromatic amines is 1. The van der Waals surface area contributed by atoms with Gasteiger partial charge in [-0.2, -0.15) is 9.97 Å². The summed E-state index contributed by atoms with van der Waals surface area (Å²) in [5, 5.41) is 11.9. The third kappa shape index (κ3) is 4.54. The highest BCUT2D eigenvalue weighted by atomic mass is 19.3. The Hall–Kier alpha value is -3.83. The maximum absolute atomic E-state index is 12.9. The molecule has 1 aromatic carbocycles. The fourth-order valence-electron chi connectivity index (χ4n) is 4.87. The molecule has 36 heavy (non-hydrogen) atoms. The number of methoxy groups -OCH3 is 1. The van der Waals surface area contributed by atoms with Gasteiger partial charge in [0.2, 0.25) is 17.7 Å². The molecule has 190 valence electrons. The lowest BCUT2D eigenvalue weighted by Gasteiger charge is -2.29. The topological polar surface area (TPSA) is 114 Å². The summed E-state index contributed by atoms with van der Waals surface area (Å²) in [7, 11) is 5.13. The Kier molecular flexibility index (Phi) is 6.42. The first kappa shape index (κ1) is 23.9. The smallest absolute Gasteiger partial charge is 0.258 e. The normalized spacial score (nSPS) is 18.2. The molecule has 0 unspecified atom stereocenters. The molecule has 0 atom stereocenters. The minimum atomic E-state index is -2.53. The molecular formula is C24H28F2N8O2. The molecule has 2 N–H and O–H groups in total. The van der Waals surface area contributed by atoms with Crippen molar-refractivity contribution in [2.75, 3.05) is 26.5 Å². The van der Waals surface area contributed by atoms with Crippen molar-refractivity contribution in [1.82, 2.24) is 34.8 Å². The van der Waals surface area contributed by atoms with E-state index in [0.29, 0.717) is 33.9 Å². The molecule has 0 saturated heterocycles. The monoisotopic (exact) mass is 498 g/mol. The first-order valence-corrected chi connectivity index (χ1v) is 11.9. The molecule has 12 heteroatoms. The van der Waals surface area contributed by atoms with Gasteiger partial charge in [0, 0.05) is 37.8 Å². The molecule has 0 spiro atoms. The SMILES string of the molecule is COc1nc(N[C@H]2CC[C@@H](C(=O)N(C)C)CC2)nc2[nH]cc(-c3ccc4nnn(CC(F)F)c4c3)c12. The number of amides is 1. The van der Waals surface area contributed by atoms with Crippen molar-refractivity contribution < 1.29 is 18.3 Å². The second-order valence-corrected chi connectivity index (χ2v) is 9.27. The predicted molar refractivity (Wildman–Crippen MR) is 131 cm³/mol. The van der Waals surface area contributed by atoms with Crippen molar-refractivity contribution in [1.29, 1.82) is 0 Å². The standard InChI is InChI=1S/C24H28F2N8O2/c1-33(2)23(35)13-4-7-15(8-5-13)28-24-29-21-20(22(30-24)36-3)16(11-27-21)14-6-9-17-18(10-14)34(32-31-17)12-19(25)26/h6,9-11,13,15,19H,4-5,7-8,12H2,1-3H3,(H2,27,28,29,30)/t13-,15+. The largest absolute Gasteiger partial charge is 0.480 e. The molecule has 3 aromatic heterocycles. The van der Waals surface area contributed by atoms with Gasteiger partial charge in [-0.1, -0.05) is 11.3 Å². The summed E-state index contributed by atoms with van der Waals surface area (Å²) in [5.41, 5.74) is 3.20. The summed E-state index contributed by atoms with van der Waals surface area (Å²) in [6.07, 6.45) is 2.61. The molecule has 4 aromatic rings. The van der Waals surface area contributed by atoms with Crippen LogP contribution in [0.5, 0.6) is 5.88 Å². The highest BCUT2D eigenvalue weighted by molar-refractivity contribution is 5.99. The van der Waals surface area contributed by atoms with Gasteiger partial charge >= 0.3 is 0 Å². The lowest BCUT2D eigenvalue weighted by Crippen LogP contribution is -2.35. The van der Waals surface area contributed by atoms with Crippen LogP contribution in [0.3, 0.4) is 0 Å². The van der Waals surface area contributed by atoms with Crippen molar-refractivity contribution in [2.45, 2.75) is 44.7 Å². The van der Waals surface area contributed by atoms with Gasteiger partial charge in [0.15, 0.2) is 0 Å². The summed E-state index contributed by atoms with van der Waals surface area (Å²) in [6.45, 7) is -0.527. The van der Waals surface area contributed by atoms with E-state index in [1.54, 1.807) is 44.4 Å². The van der Waals surface area contributed by atoms with Crippen LogP contribution in [0.2, 0.25) is 0 Å². The van der Waals surface area contributed by atoms with E-state index in [-0.39, 0.29) is 17.9 Å². The number of ether oxygens (including phenoxy) is 1. The number of halogens is 2. The average Bonchev–Trinajstić information content (AvgIpc) is 3.47. The van der Waals surface area contributed by atoms with E-state index in [9.17, 15) is 13.6 Å². The van der Waals surface area contributed by atoms with Crippen LogP contribution in [0.4, 0.5) is 14.7 Å². The zero-order chi connectivity index (χ0) is 25.4. The summed E-state index contributed by atoms with van der Waals surface area (Å²) >= 11 is 0. The number of nitrogens with zero attached hydrogens (tertiary/aromatic N) is 6. The number of alkyl halides is 2. The number of anilines is 1. The van der Waals surface area contributed by atoms with Gasteiger partial charge in [-0.3, -0.25) is 4.79 Å². The van der Waals surface area contributed by atoms with E-state index in [0.717, 1.165) is 36.8 Å². The number of rotatable bonds is 7. The molecule has 3 heterocycles. The number of H-pyrrole nitrogens is 1. The van der Waals surface area contributed by atoms with E-state index in [1.165, 1.54) is 4.68 Å². The molecular weight excluding hydrogens is 470 g/mol. The van der Waals surface area contributed by atoms with Gasteiger partial charge in [-0.15, -0.1) is 5.10 Å². The van der Waals surface area contributed by atoms with Crippen molar-refractivity contribution in [2.24, 2.45) is 5.92 Å². The summed E-state index contributed by atoms with van der Waals surface area (Å²) in [4.78, 5) is 26.3. The molecule has 10 nitrogen and oxygen atoms in total. The summed E-state index contributed by atoms with van der Waals surface area (Å²) in [6, 6.07) is 5.54. The van der Waals surface area contributed by atoms with E-state index in [1.807, 2.05) is 6.07 Å². The Bertz CT molecular complexity index is 1390. The number of fused-ring (bicyclic) bond motifs is 2. The van der Waals surface area contributed by atoms with Crippen molar-refractivity contribution >= 4 is 33.9 Å². The van der Waals surface area contributed by atoms with Crippen molar-refractivity contribution in [3.8, 4) is 17.0 Å². The van der Waals surface area contributed by atoms with Crippen LogP contribution in [0.15, 0.2) is 24.4 Å². The fourth-order valence-corrected chi connectivity index (χ4v) is 4.87. The molecule has 5 rings (SSSR count). The van der Waals surface area contributed by atoms with Crippen molar-refractivity contribution in [3.05, 3.63) is 24.4 Å². The summed E-state index contributed by atoms with van der Waals surface area (Å²) < 4.78 is 32.7. The predicted octanol–water partition coefficient (Wildman–Crippen LogP) is 3.70. The molecule has 1 aliphatic rings. The Morgan fingerprint density at radius 3 is 2.72 bits per heavy atom. The Morgan fingerprint density at radius 2 is 2.03 bits per heavy atom. The van der Waals surface area contributed by atoms with Crippen LogP contribution < -0.4 is 10.1 Å². The highest BCUT2D eigenvalue weighted by Crippen LogP contribution is 2.36. The lowest BCUT2D eigenvalue weighted by molar-refractivity contribution is -0.133. The van der Waals surface area contributed by atoms with Gasteiger partial charge in [0.1, 0.15) is 17.7 Å². The average molecular weight is 499 g/mol. The van der Waals surface area contributed by atoms with Gasteiger partial charge in [0.25, 0.3) is 6.43 Å².